The van der Waals surface area contributed by atoms with Gasteiger partial charge in [-0.15, -0.1) is 0 Å². The predicted octanol–water partition coefficient (Wildman–Crippen LogP) is 2.70. The van der Waals surface area contributed by atoms with Gasteiger partial charge in [0.15, 0.2) is 11.5 Å². The first-order chi connectivity index (χ1) is 12.9. The fraction of sp³-hybridized carbons (Fsp3) is 0.300. The monoisotopic (exact) mass is 372 g/mol. The van der Waals surface area contributed by atoms with Crippen LogP contribution in [0.25, 0.3) is 0 Å². The van der Waals surface area contributed by atoms with Crippen molar-refractivity contribution >= 4 is 17.5 Å². The Labute approximate surface area is 158 Å². The van der Waals surface area contributed by atoms with Gasteiger partial charge in [0.05, 0.1) is 27.9 Å². The van der Waals surface area contributed by atoms with Crippen molar-refractivity contribution in [2.24, 2.45) is 0 Å². The van der Waals surface area contributed by atoms with Crippen LogP contribution in [0.3, 0.4) is 0 Å². The molecular formula is C20H24N2O5. The summed E-state index contributed by atoms with van der Waals surface area (Å²) in [6.45, 7) is 3.80. The van der Waals surface area contributed by atoms with E-state index in [9.17, 15) is 9.59 Å². The van der Waals surface area contributed by atoms with Crippen molar-refractivity contribution in [3.63, 3.8) is 0 Å². The van der Waals surface area contributed by atoms with Crippen LogP contribution in [0, 0.1) is 13.8 Å². The summed E-state index contributed by atoms with van der Waals surface area (Å²) in [5.41, 5.74) is 3.20. The molecule has 0 spiro atoms. The normalized spacial score (nSPS) is 10.1. The standard InChI is InChI=1S/C20H24N2O5/c1-12-6-7-15(8-13(12)2)22-18(23)11-21-20(24)14-9-16(25-3)19(27-5)17(10-14)26-4/h6-10H,11H2,1-5H3,(H,21,24)(H,22,23). The van der Waals surface area contributed by atoms with Crippen LogP contribution in [-0.2, 0) is 4.79 Å². The molecule has 0 radical (unpaired) electrons. The van der Waals surface area contributed by atoms with Crippen LogP contribution in [-0.4, -0.2) is 39.7 Å². The zero-order valence-electron chi connectivity index (χ0n) is 16.1. The van der Waals surface area contributed by atoms with E-state index in [1.807, 2.05) is 32.0 Å². The van der Waals surface area contributed by atoms with E-state index >= 15 is 0 Å². The van der Waals surface area contributed by atoms with Crippen molar-refractivity contribution in [1.82, 2.24) is 5.32 Å². The van der Waals surface area contributed by atoms with Crippen LogP contribution >= 0.6 is 0 Å². The van der Waals surface area contributed by atoms with E-state index in [1.54, 1.807) is 0 Å². The number of hydrogen-bond acceptors (Lipinski definition) is 5. The van der Waals surface area contributed by atoms with Gasteiger partial charge >= 0.3 is 0 Å². The lowest BCUT2D eigenvalue weighted by atomic mass is 10.1. The van der Waals surface area contributed by atoms with Crippen LogP contribution in [0.4, 0.5) is 5.69 Å². The average Bonchev–Trinajstić information content (AvgIpc) is 2.67. The second-order valence-electron chi connectivity index (χ2n) is 5.94. The van der Waals surface area contributed by atoms with E-state index in [4.69, 9.17) is 14.2 Å². The summed E-state index contributed by atoms with van der Waals surface area (Å²) in [7, 11) is 4.42. The number of ether oxygens (including phenoxy) is 3. The minimum Gasteiger partial charge on any atom is -0.493 e. The molecule has 0 aliphatic carbocycles. The lowest BCUT2D eigenvalue weighted by molar-refractivity contribution is -0.115. The molecule has 7 heteroatoms. The van der Waals surface area contributed by atoms with Crippen molar-refractivity contribution in [1.29, 1.82) is 0 Å². The molecule has 0 aliphatic heterocycles. The van der Waals surface area contributed by atoms with Crippen LogP contribution < -0.4 is 24.8 Å². The molecule has 144 valence electrons. The Bertz CT molecular complexity index is 823. The molecule has 2 amide bonds. The predicted molar refractivity (Wildman–Crippen MR) is 103 cm³/mol. The number of carbonyl (C=O) groups excluding carboxylic acids is 2. The van der Waals surface area contributed by atoms with Crippen molar-refractivity contribution in [3.05, 3.63) is 47.0 Å². The van der Waals surface area contributed by atoms with Crippen molar-refractivity contribution < 1.29 is 23.8 Å². The second-order valence-corrected chi connectivity index (χ2v) is 5.94. The van der Waals surface area contributed by atoms with Gasteiger partial charge in [-0.05, 0) is 49.2 Å². The molecule has 0 heterocycles. The van der Waals surface area contributed by atoms with Gasteiger partial charge in [0.2, 0.25) is 11.7 Å². The third-order valence-electron chi connectivity index (χ3n) is 4.13. The average molecular weight is 372 g/mol. The zero-order valence-corrected chi connectivity index (χ0v) is 16.1. The van der Waals surface area contributed by atoms with Gasteiger partial charge in [-0.1, -0.05) is 6.07 Å². The van der Waals surface area contributed by atoms with Gasteiger partial charge in [0.1, 0.15) is 0 Å². The summed E-state index contributed by atoms with van der Waals surface area (Å²) in [6.07, 6.45) is 0. The number of aryl methyl sites for hydroxylation is 2. The quantitative estimate of drug-likeness (QED) is 0.780. The van der Waals surface area contributed by atoms with E-state index in [0.29, 0.717) is 28.5 Å². The highest BCUT2D eigenvalue weighted by atomic mass is 16.5. The van der Waals surface area contributed by atoms with Gasteiger partial charge in [-0.25, -0.2) is 0 Å². The zero-order chi connectivity index (χ0) is 20.0. The minimum absolute atomic E-state index is 0.164. The van der Waals surface area contributed by atoms with Crippen molar-refractivity contribution in [2.75, 3.05) is 33.2 Å². The number of nitrogens with one attached hydrogen (secondary N) is 2. The van der Waals surface area contributed by atoms with Crippen LogP contribution in [0.1, 0.15) is 21.5 Å². The Morgan fingerprint density at radius 2 is 1.52 bits per heavy atom. The Kier molecular flexibility index (Phi) is 6.65. The Hall–Kier alpha value is -3.22. The van der Waals surface area contributed by atoms with Gasteiger partial charge < -0.3 is 24.8 Å². The number of amides is 2. The highest BCUT2D eigenvalue weighted by molar-refractivity contribution is 6.00. The Morgan fingerprint density at radius 3 is 2.04 bits per heavy atom. The number of rotatable bonds is 7. The summed E-state index contributed by atoms with van der Waals surface area (Å²) in [5.74, 6) is 0.371. The molecule has 0 atom stereocenters. The van der Waals surface area contributed by atoms with E-state index < -0.39 is 5.91 Å². The minimum atomic E-state index is -0.426. The van der Waals surface area contributed by atoms with Gasteiger partial charge in [-0.2, -0.15) is 0 Å². The topological polar surface area (TPSA) is 85.9 Å². The summed E-state index contributed by atoms with van der Waals surface area (Å²) in [5, 5.41) is 5.34. The molecular weight excluding hydrogens is 348 g/mol. The molecule has 0 saturated heterocycles. The van der Waals surface area contributed by atoms with Gasteiger partial charge in [0, 0.05) is 11.3 Å². The molecule has 0 unspecified atom stereocenters. The SMILES string of the molecule is COc1cc(C(=O)NCC(=O)Nc2ccc(C)c(C)c2)cc(OC)c1OC. The van der Waals surface area contributed by atoms with Crippen molar-refractivity contribution in [2.45, 2.75) is 13.8 Å². The number of methoxy groups -OCH3 is 3. The molecule has 2 rings (SSSR count). The van der Waals surface area contributed by atoms with E-state index in [-0.39, 0.29) is 12.5 Å². The maximum absolute atomic E-state index is 12.4. The highest BCUT2D eigenvalue weighted by Crippen LogP contribution is 2.38. The molecule has 0 saturated carbocycles. The van der Waals surface area contributed by atoms with Crippen LogP contribution in [0.2, 0.25) is 0 Å². The fourth-order valence-corrected chi connectivity index (χ4v) is 2.50. The van der Waals surface area contributed by atoms with Gasteiger partial charge in [-0.3, -0.25) is 9.59 Å². The lowest BCUT2D eigenvalue weighted by Gasteiger charge is -2.14. The van der Waals surface area contributed by atoms with E-state index in [1.165, 1.54) is 33.5 Å². The van der Waals surface area contributed by atoms with Crippen molar-refractivity contribution in [3.8, 4) is 17.2 Å². The molecule has 0 aliphatic rings. The number of anilines is 1. The molecule has 7 nitrogen and oxygen atoms in total. The first kappa shape index (κ1) is 20.1. The molecule has 27 heavy (non-hydrogen) atoms. The highest BCUT2D eigenvalue weighted by Gasteiger charge is 2.17. The third-order valence-corrected chi connectivity index (χ3v) is 4.13. The maximum atomic E-state index is 12.4. The maximum Gasteiger partial charge on any atom is 0.251 e. The Balaban J connectivity index is 2.04. The van der Waals surface area contributed by atoms with E-state index in [2.05, 4.69) is 10.6 Å². The van der Waals surface area contributed by atoms with Crippen LogP contribution in [0.15, 0.2) is 30.3 Å². The number of hydrogen-bond donors (Lipinski definition) is 2. The molecule has 0 bridgehead atoms. The summed E-state index contributed by atoms with van der Waals surface area (Å²) < 4.78 is 15.7. The smallest absolute Gasteiger partial charge is 0.251 e. The molecule has 0 aromatic heterocycles. The molecule has 2 aromatic rings. The first-order valence-corrected chi connectivity index (χ1v) is 8.35. The first-order valence-electron chi connectivity index (χ1n) is 8.35. The van der Waals surface area contributed by atoms with E-state index in [0.717, 1.165) is 11.1 Å². The fourth-order valence-electron chi connectivity index (χ4n) is 2.50. The number of benzene rings is 2. The van der Waals surface area contributed by atoms with Crippen LogP contribution in [0.5, 0.6) is 17.2 Å². The Morgan fingerprint density at radius 1 is 0.889 bits per heavy atom. The molecule has 2 aromatic carbocycles. The molecule has 0 fully saturated rings. The lowest BCUT2D eigenvalue weighted by Crippen LogP contribution is -2.32. The summed E-state index contributed by atoms with van der Waals surface area (Å²) in [6, 6.07) is 8.69. The molecule has 2 N–H and O–H groups in total. The number of carbonyl (C=O) groups is 2. The summed E-state index contributed by atoms with van der Waals surface area (Å²) >= 11 is 0. The van der Waals surface area contributed by atoms with Gasteiger partial charge in [0.25, 0.3) is 5.91 Å². The third kappa shape index (κ3) is 4.91. The largest absolute Gasteiger partial charge is 0.493 e. The summed E-state index contributed by atoms with van der Waals surface area (Å²) in [4.78, 5) is 24.5. The second kappa shape index (κ2) is 8.93.